The minimum absolute atomic E-state index is 0.832. The number of benzene rings is 10. The Morgan fingerprint density at radius 1 is 0.252 bits per heavy atom. The van der Waals surface area contributed by atoms with E-state index in [4.69, 9.17) is 18.8 Å². The molecule has 21 aromatic rings. The van der Waals surface area contributed by atoms with E-state index in [1.54, 1.807) is 0 Å². The van der Waals surface area contributed by atoms with Gasteiger partial charge in [0.15, 0.2) is 0 Å². The van der Waals surface area contributed by atoms with E-state index in [-0.39, 0.29) is 0 Å². The van der Waals surface area contributed by atoms with Crippen LogP contribution in [0, 0.1) is 0 Å². The van der Waals surface area contributed by atoms with Crippen LogP contribution >= 0.6 is 31.9 Å². The average Bonchev–Trinajstić information content (AvgIpc) is 1.58. The third kappa shape index (κ3) is 11.0. The SMILES string of the molecule is Brc1ccc2oc3ccc(Br)cc3c2c1.c1ccc(-c2ccccc2-c2ccc3[nH]c4cccnc4c3c2)nc1.c1ccc(-c2ccccc2-c2ccc3c(c2)c2ncccc2n3-c2ccc3oc4ccc(-n5c6ccc(-c7ccccc7-c7ccccn7)cc6c6ncccc65)cc4c3c2)nc1. The molecular weight excluding hydrogens is 1400 g/mol. The summed E-state index contributed by atoms with van der Waals surface area (Å²) in [4.78, 5) is 31.7. The fourth-order valence-electron chi connectivity index (χ4n) is 14.6. The summed E-state index contributed by atoms with van der Waals surface area (Å²) in [6, 6.07) is 101. The third-order valence-electron chi connectivity index (χ3n) is 19.3. The van der Waals surface area contributed by atoms with Gasteiger partial charge in [0.1, 0.15) is 22.3 Å². The van der Waals surface area contributed by atoms with Crippen molar-refractivity contribution in [1.82, 2.24) is 44.0 Å². The van der Waals surface area contributed by atoms with E-state index in [0.717, 1.165) is 186 Å². The van der Waals surface area contributed by atoms with Gasteiger partial charge in [-0.1, -0.05) is 141 Å². The van der Waals surface area contributed by atoms with Crippen molar-refractivity contribution in [3.8, 4) is 78.5 Å². The van der Waals surface area contributed by atoms with Gasteiger partial charge in [0.25, 0.3) is 0 Å². The minimum Gasteiger partial charge on any atom is -0.456 e. The number of H-pyrrole nitrogens is 1. The van der Waals surface area contributed by atoms with Crippen LogP contribution in [-0.2, 0) is 0 Å². The van der Waals surface area contributed by atoms with Crippen molar-refractivity contribution in [2.75, 3.05) is 0 Å². The molecule has 13 heteroatoms. The Kier molecular flexibility index (Phi) is 15.2. The van der Waals surface area contributed by atoms with Gasteiger partial charge in [-0.15, -0.1) is 0 Å². The van der Waals surface area contributed by atoms with Crippen LogP contribution in [0.25, 0.3) is 188 Å². The van der Waals surface area contributed by atoms with E-state index in [9.17, 15) is 0 Å². The summed E-state index contributed by atoms with van der Waals surface area (Å²) in [7, 11) is 0. The number of hydrogen-bond acceptors (Lipinski definition) is 8. The van der Waals surface area contributed by atoms with Crippen molar-refractivity contribution < 1.29 is 8.83 Å². The predicted molar refractivity (Wildman–Crippen MR) is 427 cm³/mol. The Bertz CT molecular complexity index is 6550. The van der Waals surface area contributed by atoms with Crippen LogP contribution in [-0.4, -0.2) is 44.0 Å². The van der Waals surface area contributed by atoms with Crippen LogP contribution in [0.5, 0.6) is 0 Å². The molecule has 0 saturated heterocycles. The zero-order valence-electron chi connectivity index (χ0n) is 54.8. The highest BCUT2D eigenvalue weighted by Crippen LogP contribution is 2.43. The molecular formula is C90H55Br2N9O2. The molecule has 0 radical (unpaired) electrons. The second kappa shape index (κ2) is 25.7. The maximum Gasteiger partial charge on any atom is 0.135 e. The molecule has 103 heavy (non-hydrogen) atoms. The first kappa shape index (κ1) is 61.2. The highest BCUT2D eigenvalue weighted by molar-refractivity contribution is 9.10. The fraction of sp³-hybridized carbons (Fsp3) is 0. The molecule has 11 heterocycles. The second-order valence-electron chi connectivity index (χ2n) is 25.3. The monoisotopic (exact) mass is 1450 g/mol. The molecule has 0 atom stereocenters. The lowest BCUT2D eigenvalue weighted by Crippen LogP contribution is -1.94. The van der Waals surface area contributed by atoms with Gasteiger partial charge in [0.05, 0.1) is 61.2 Å². The molecule has 11 nitrogen and oxygen atoms in total. The van der Waals surface area contributed by atoms with E-state index in [1.165, 1.54) is 11.1 Å². The van der Waals surface area contributed by atoms with Crippen LogP contribution in [0.15, 0.2) is 346 Å². The molecule has 0 bridgehead atoms. The molecule has 21 rings (SSSR count). The second-order valence-corrected chi connectivity index (χ2v) is 27.1. The Balaban J connectivity index is 0.000000148. The van der Waals surface area contributed by atoms with Crippen LogP contribution in [0.4, 0.5) is 0 Å². The maximum absolute atomic E-state index is 6.52. The van der Waals surface area contributed by atoms with E-state index in [0.29, 0.717) is 0 Å². The smallest absolute Gasteiger partial charge is 0.135 e. The molecule has 0 amide bonds. The Morgan fingerprint density at radius 2 is 0.621 bits per heavy atom. The topological polar surface area (TPSA) is 129 Å². The molecule has 0 saturated carbocycles. The van der Waals surface area contributed by atoms with Crippen molar-refractivity contribution in [2.45, 2.75) is 0 Å². The van der Waals surface area contributed by atoms with Crippen molar-refractivity contribution >= 4 is 142 Å². The first-order valence-electron chi connectivity index (χ1n) is 33.8. The Morgan fingerprint density at radius 3 is 1.06 bits per heavy atom. The summed E-state index contributed by atoms with van der Waals surface area (Å²) in [5, 5.41) is 7.67. The van der Waals surface area contributed by atoms with Gasteiger partial charge >= 0.3 is 0 Å². The van der Waals surface area contributed by atoms with Gasteiger partial charge < -0.3 is 23.0 Å². The van der Waals surface area contributed by atoms with Gasteiger partial charge in [-0.3, -0.25) is 29.9 Å². The molecule has 0 aliphatic rings. The molecule has 1 N–H and O–H groups in total. The van der Waals surface area contributed by atoms with Crippen LogP contribution in [0.3, 0.4) is 0 Å². The normalized spacial score (nSPS) is 11.6. The fourth-order valence-corrected chi connectivity index (χ4v) is 15.4. The summed E-state index contributed by atoms with van der Waals surface area (Å²) in [6.45, 7) is 0. The molecule has 0 aliphatic carbocycles. The number of nitrogens with one attached hydrogen (secondary N) is 1. The first-order valence-corrected chi connectivity index (χ1v) is 35.4. The molecule has 486 valence electrons. The summed E-state index contributed by atoms with van der Waals surface area (Å²) >= 11 is 6.94. The molecule has 10 aromatic carbocycles. The van der Waals surface area contributed by atoms with Crippen LogP contribution in [0.1, 0.15) is 0 Å². The highest BCUT2D eigenvalue weighted by Gasteiger charge is 2.21. The zero-order valence-corrected chi connectivity index (χ0v) is 58.0. The summed E-state index contributed by atoms with van der Waals surface area (Å²) in [5.41, 5.74) is 27.9. The molecule has 0 aliphatic heterocycles. The predicted octanol–water partition coefficient (Wildman–Crippen LogP) is 24.6. The third-order valence-corrected chi connectivity index (χ3v) is 20.3. The molecule has 0 spiro atoms. The lowest BCUT2D eigenvalue weighted by atomic mass is 9.96. The summed E-state index contributed by atoms with van der Waals surface area (Å²) in [5.74, 6) is 0. The number of nitrogens with zero attached hydrogens (tertiary/aromatic N) is 8. The standard InChI is InChI=1S/C56H34N6O.C22H15N3.C12H6Br2O/c1-3-13-41(47-15-5-7-27-57-47)39(11-1)35-19-23-49-45(31-35)55-51(17-9-29-59-55)61(49)37-21-25-53-43(33-37)44-34-38(22-26-54(44)63-53)62-50-24-20-36(32-46(50)56-52(62)18-10-30-60-56)40-12-2-4-14-42(40)48-16-6-8-28-58-48;1-2-7-17(19-8-3-4-12-23-19)16(6-1)15-10-11-20-18(14-15)22-21(25-20)9-5-13-24-22;13-7-1-3-11-9(5-7)10-6-8(14)2-4-12(10)15-11/h1-34H;1-14,25H;1-6H. The zero-order chi connectivity index (χ0) is 68.5. The first-order chi connectivity index (χ1) is 50.9. The summed E-state index contributed by atoms with van der Waals surface area (Å²) in [6.07, 6.45) is 11.1. The number of hydrogen-bond donors (Lipinski definition) is 1. The largest absolute Gasteiger partial charge is 0.456 e. The number of rotatable bonds is 8. The van der Waals surface area contributed by atoms with E-state index in [2.05, 4.69) is 272 Å². The van der Waals surface area contributed by atoms with Crippen LogP contribution in [0.2, 0.25) is 0 Å². The van der Waals surface area contributed by atoms with Gasteiger partial charge in [0.2, 0.25) is 0 Å². The number of pyridine rings is 6. The van der Waals surface area contributed by atoms with Gasteiger partial charge in [0, 0.05) is 117 Å². The average molecular weight is 1450 g/mol. The molecule has 11 aromatic heterocycles. The maximum atomic E-state index is 6.52. The van der Waals surface area contributed by atoms with Crippen molar-refractivity contribution in [3.63, 3.8) is 0 Å². The van der Waals surface area contributed by atoms with Gasteiger partial charge in [-0.05, 0) is 215 Å². The van der Waals surface area contributed by atoms with Crippen molar-refractivity contribution in [2.24, 2.45) is 0 Å². The lowest BCUT2D eigenvalue weighted by molar-refractivity contribution is 0.668. The van der Waals surface area contributed by atoms with Gasteiger partial charge in [-0.25, -0.2) is 0 Å². The number of aromatic nitrogens is 9. The quantitative estimate of drug-likeness (QED) is 0.159. The Hall–Kier alpha value is -12.9. The van der Waals surface area contributed by atoms with E-state index >= 15 is 0 Å². The van der Waals surface area contributed by atoms with Crippen LogP contribution < -0.4 is 0 Å². The van der Waals surface area contributed by atoms with Gasteiger partial charge in [-0.2, -0.15) is 0 Å². The van der Waals surface area contributed by atoms with Crippen molar-refractivity contribution in [3.05, 3.63) is 337 Å². The number of furan rings is 2. The van der Waals surface area contributed by atoms with E-state index < -0.39 is 0 Å². The summed E-state index contributed by atoms with van der Waals surface area (Å²) < 4.78 is 19.0. The molecule has 0 unspecified atom stereocenters. The number of halogens is 2. The highest BCUT2D eigenvalue weighted by atomic mass is 79.9. The number of fused-ring (bicyclic) bond motifs is 15. The Labute approximate surface area is 606 Å². The van der Waals surface area contributed by atoms with Crippen molar-refractivity contribution in [1.29, 1.82) is 0 Å². The minimum atomic E-state index is 0.832. The number of aromatic amines is 1. The lowest BCUT2D eigenvalue weighted by Gasteiger charge is -2.11. The van der Waals surface area contributed by atoms with E-state index in [1.807, 2.05) is 122 Å². The molecule has 0 fully saturated rings.